The third-order valence-electron chi connectivity index (χ3n) is 4.99. The summed E-state index contributed by atoms with van der Waals surface area (Å²) in [7, 11) is 1.57. The maximum Gasteiger partial charge on any atom is 0.341 e. The fourth-order valence-electron chi connectivity index (χ4n) is 3.60. The lowest BCUT2D eigenvalue weighted by molar-refractivity contribution is 0.0526. The molecule has 7 nitrogen and oxygen atoms in total. The first-order valence-corrected chi connectivity index (χ1v) is 10.7. The van der Waals surface area contributed by atoms with E-state index in [4.69, 9.17) is 14.0 Å². The van der Waals surface area contributed by atoms with Gasteiger partial charge in [-0.05, 0) is 50.3 Å². The van der Waals surface area contributed by atoms with Crippen LogP contribution >= 0.6 is 11.3 Å². The molecular weight excluding hydrogens is 404 g/mol. The second-order valence-electron chi connectivity index (χ2n) is 6.87. The molecule has 3 aromatic rings. The van der Waals surface area contributed by atoms with Gasteiger partial charge in [0.25, 0.3) is 5.91 Å². The molecule has 156 valence electrons. The fraction of sp³-hybridized carbons (Fsp3) is 0.318. The van der Waals surface area contributed by atoms with E-state index in [9.17, 15) is 9.59 Å². The van der Waals surface area contributed by atoms with Gasteiger partial charge in [-0.1, -0.05) is 17.3 Å². The van der Waals surface area contributed by atoms with Crippen LogP contribution in [0.2, 0.25) is 0 Å². The zero-order chi connectivity index (χ0) is 21.1. The van der Waals surface area contributed by atoms with E-state index < -0.39 is 11.9 Å². The number of carbonyl (C=O) groups is 2. The SMILES string of the molecule is CCOC(=O)c1c(NC(=O)c2cc(-c3ccccc3OC)on2)sc2c1CCCC2. The summed E-state index contributed by atoms with van der Waals surface area (Å²) in [4.78, 5) is 26.5. The third-order valence-corrected chi connectivity index (χ3v) is 6.20. The number of benzene rings is 1. The van der Waals surface area contributed by atoms with Crippen LogP contribution in [0.5, 0.6) is 5.75 Å². The Hall–Kier alpha value is -3.13. The van der Waals surface area contributed by atoms with Crippen LogP contribution in [0.25, 0.3) is 11.3 Å². The third kappa shape index (κ3) is 3.82. The molecule has 1 aliphatic carbocycles. The lowest BCUT2D eigenvalue weighted by Crippen LogP contribution is -2.16. The highest BCUT2D eigenvalue weighted by Crippen LogP contribution is 2.39. The summed E-state index contributed by atoms with van der Waals surface area (Å²) in [5.74, 6) is 0.205. The van der Waals surface area contributed by atoms with E-state index in [-0.39, 0.29) is 12.3 Å². The largest absolute Gasteiger partial charge is 0.496 e. The molecule has 2 aromatic heterocycles. The molecule has 0 fully saturated rings. The lowest BCUT2D eigenvalue weighted by atomic mass is 9.95. The minimum Gasteiger partial charge on any atom is -0.496 e. The zero-order valence-corrected chi connectivity index (χ0v) is 17.6. The molecule has 1 aliphatic rings. The van der Waals surface area contributed by atoms with E-state index in [1.807, 2.05) is 18.2 Å². The van der Waals surface area contributed by atoms with E-state index in [0.29, 0.717) is 27.6 Å². The molecule has 0 bridgehead atoms. The monoisotopic (exact) mass is 426 g/mol. The Morgan fingerprint density at radius 1 is 1.23 bits per heavy atom. The molecule has 8 heteroatoms. The van der Waals surface area contributed by atoms with E-state index >= 15 is 0 Å². The summed E-state index contributed by atoms with van der Waals surface area (Å²) in [6.07, 6.45) is 3.83. The number of aryl methyl sites for hydroxylation is 1. The second kappa shape index (κ2) is 8.71. The summed E-state index contributed by atoms with van der Waals surface area (Å²) in [6.45, 7) is 2.05. The van der Waals surface area contributed by atoms with Crippen molar-refractivity contribution in [3.05, 3.63) is 52.0 Å². The number of para-hydroxylation sites is 1. The van der Waals surface area contributed by atoms with Crippen LogP contribution in [0, 0.1) is 0 Å². The highest BCUT2D eigenvalue weighted by atomic mass is 32.1. The average molecular weight is 426 g/mol. The van der Waals surface area contributed by atoms with Gasteiger partial charge in [-0.15, -0.1) is 11.3 Å². The number of anilines is 1. The molecule has 0 atom stereocenters. The van der Waals surface area contributed by atoms with E-state index in [1.54, 1.807) is 26.2 Å². The van der Waals surface area contributed by atoms with Crippen molar-refractivity contribution in [3.8, 4) is 17.1 Å². The molecule has 2 heterocycles. The number of methoxy groups -OCH3 is 1. The van der Waals surface area contributed by atoms with Gasteiger partial charge in [0.2, 0.25) is 0 Å². The molecule has 0 aliphatic heterocycles. The maximum absolute atomic E-state index is 12.8. The van der Waals surface area contributed by atoms with Crippen LogP contribution in [0.15, 0.2) is 34.9 Å². The van der Waals surface area contributed by atoms with Crippen molar-refractivity contribution in [1.29, 1.82) is 0 Å². The van der Waals surface area contributed by atoms with E-state index in [0.717, 1.165) is 36.1 Å². The molecule has 0 unspecified atom stereocenters. The van der Waals surface area contributed by atoms with Crippen molar-refractivity contribution in [2.45, 2.75) is 32.6 Å². The number of amides is 1. The quantitative estimate of drug-likeness (QED) is 0.574. The highest BCUT2D eigenvalue weighted by molar-refractivity contribution is 7.17. The molecule has 30 heavy (non-hydrogen) atoms. The minimum absolute atomic E-state index is 0.122. The molecule has 1 aromatic carbocycles. The number of rotatable bonds is 6. The standard InChI is InChI=1S/C22H22N2O5S/c1-3-28-22(26)19-14-9-5-7-11-18(14)30-21(19)23-20(25)15-12-17(29-24-15)13-8-4-6-10-16(13)27-2/h4,6,8,10,12H,3,5,7,9,11H2,1-2H3,(H,23,25). The molecular formula is C22H22N2O5S. The van der Waals surface area contributed by atoms with Crippen molar-refractivity contribution < 1.29 is 23.6 Å². The Kier molecular flexibility index (Phi) is 5.85. The molecule has 0 radical (unpaired) electrons. The average Bonchev–Trinajstić information content (AvgIpc) is 3.38. The van der Waals surface area contributed by atoms with Crippen LogP contribution in [0.3, 0.4) is 0 Å². The number of esters is 1. The van der Waals surface area contributed by atoms with Gasteiger partial charge in [-0.3, -0.25) is 4.79 Å². The summed E-state index contributed by atoms with van der Waals surface area (Å²) >= 11 is 1.44. The van der Waals surface area contributed by atoms with Crippen molar-refractivity contribution >= 4 is 28.2 Å². The maximum atomic E-state index is 12.8. The van der Waals surface area contributed by atoms with Crippen molar-refractivity contribution in [2.24, 2.45) is 0 Å². The molecule has 0 saturated carbocycles. The second-order valence-corrected chi connectivity index (χ2v) is 7.97. The first-order chi connectivity index (χ1) is 14.6. The number of hydrogen-bond donors (Lipinski definition) is 1. The van der Waals surface area contributed by atoms with Crippen molar-refractivity contribution in [3.63, 3.8) is 0 Å². The van der Waals surface area contributed by atoms with E-state index in [1.165, 1.54) is 11.3 Å². The van der Waals surface area contributed by atoms with Gasteiger partial charge in [0.15, 0.2) is 11.5 Å². The van der Waals surface area contributed by atoms with Crippen molar-refractivity contribution in [1.82, 2.24) is 5.16 Å². The number of thiophene rings is 1. The van der Waals surface area contributed by atoms with Gasteiger partial charge in [0.1, 0.15) is 10.8 Å². The molecule has 1 amide bonds. The predicted octanol–water partition coefficient (Wildman–Crippen LogP) is 4.72. The minimum atomic E-state index is -0.441. The molecule has 4 rings (SSSR count). The Labute approximate surface area is 178 Å². The number of fused-ring (bicyclic) bond motifs is 1. The number of ether oxygens (including phenoxy) is 2. The zero-order valence-electron chi connectivity index (χ0n) is 16.8. The first-order valence-electron chi connectivity index (χ1n) is 9.85. The lowest BCUT2D eigenvalue weighted by Gasteiger charge is -2.12. The molecule has 0 spiro atoms. The smallest absolute Gasteiger partial charge is 0.341 e. The Balaban J connectivity index is 1.61. The summed E-state index contributed by atoms with van der Waals surface area (Å²) < 4.78 is 15.9. The van der Waals surface area contributed by atoms with Gasteiger partial charge in [-0.2, -0.15) is 0 Å². The summed E-state index contributed by atoms with van der Waals surface area (Å²) in [6, 6.07) is 8.89. The van der Waals surface area contributed by atoms with Gasteiger partial charge < -0.3 is 19.3 Å². The van der Waals surface area contributed by atoms with Gasteiger partial charge in [0, 0.05) is 10.9 Å². The van der Waals surface area contributed by atoms with Crippen molar-refractivity contribution in [2.75, 3.05) is 19.0 Å². The topological polar surface area (TPSA) is 90.7 Å². The molecule has 1 N–H and O–H groups in total. The van der Waals surface area contributed by atoms with Crippen LogP contribution < -0.4 is 10.1 Å². The van der Waals surface area contributed by atoms with Crippen LogP contribution in [-0.2, 0) is 17.6 Å². The van der Waals surface area contributed by atoms with Gasteiger partial charge in [-0.25, -0.2) is 4.79 Å². The Morgan fingerprint density at radius 2 is 2.03 bits per heavy atom. The Morgan fingerprint density at radius 3 is 2.83 bits per heavy atom. The number of aromatic nitrogens is 1. The van der Waals surface area contributed by atoms with Crippen LogP contribution in [0.1, 0.15) is 51.1 Å². The highest BCUT2D eigenvalue weighted by Gasteiger charge is 2.28. The number of nitrogens with one attached hydrogen (secondary N) is 1. The normalized spacial score (nSPS) is 12.9. The predicted molar refractivity (Wildman–Crippen MR) is 113 cm³/mol. The Bertz CT molecular complexity index is 1090. The van der Waals surface area contributed by atoms with Gasteiger partial charge >= 0.3 is 5.97 Å². The number of nitrogens with zero attached hydrogens (tertiary/aromatic N) is 1. The number of hydrogen-bond acceptors (Lipinski definition) is 7. The van der Waals surface area contributed by atoms with E-state index in [2.05, 4.69) is 10.5 Å². The summed E-state index contributed by atoms with van der Waals surface area (Å²) in [5.41, 5.74) is 2.29. The molecule has 0 saturated heterocycles. The first kappa shape index (κ1) is 20.2. The fourth-order valence-corrected chi connectivity index (χ4v) is 4.87. The number of carbonyl (C=O) groups excluding carboxylic acids is 2. The summed E-state index contributed by atoms with van der Waals surface area (Å²) in [5, 5.41) is 7.25. The van der Waals surface area contributed by atoms with Crippen LogP contribution in [0.4, 0.5) is 5.00 Å². The van der Waals surface area contributed by atoms with Crippen LogP contribution in [-0.4, -0.2) is 30.7 Å². The van der Waals surface area contributed by atoms with Gasteiger partial charge in [0.05, 0.1) is 24.8 Å².